The first kappa shape index (κ1) is 16.7. The van der Waals surface area contributed by atoms with Gasteiger partial charge >= 0.3 is 11.5 Å². The summed E-state index contributed by atoms with van der Waals surface area (Å²) in [6, 6.07) is 4.12. The molecule has 0 aliphatic carbocycles. The van der Waals surface area contributed by atoms with Gasteiger partial charge in [-0.25, -0.2) is 4.79 Å². The van der Waals surface area contributed by atoms with E-state index in [1.807, 2.05) is 0 Å². The fourth-order valence-electron chi connectivity index (χ4n) is 1.48. The first-order valence-electron chi connectivity index (χ1n) is 5.38. The van der Waals surface area contributed by atoms with E-state index in [0.717, 1.165) is 6.07 Å². The van der Waals surface area contributed by atoms with E-state index in [9.17, 15) is 18.0 Å². The molecule has 0 atom stereocenters. The normalized spacial score (nSPS) is 11.0. The quantitative estimate of drug-likeness (QED) is 0.476. The van der Waals surface area contributed by atoms with Gasteiger partial charge in [-0.1, -0.05) is 6.07 Å². The minimum atomic E-state index is -4.57. The zero-order valence-corrected chi connectivity index (χ0v) is 11.8. The van der Waals surface area contributed by atoms with E-state index in [-0.39, 0.29) is 28.5 Å². The van der Waals surface area contributed by atoms with Crippen LogP contribution < -0.4 is 0 Å². The molecule has 0 heterocycles. The van der Waals surface area contributed by atoms with Crippen molar-refractivity contribution in [1.29, 1.82) is 5.26 Å². The van der Waals surface area contributed by atoms with Crippen molar-refractivity contribution in [1.82, 2.24) is 0 Å². The van der Waals surface area contributed by atoms with Crippen LogP contribution in [0.25, 0.3) is 0 Å². The van der Waals surface area contributed by atoms with Gasteiger partial charge in [0.1, 0.15) is 6.07 Å². The Morgan fingerprint density at radius 1 is 1.50 bits per heavy atom. The van der Waals surface area contributed by atoms with Crippen molar-refractivity contribution in [2.45, 2.75) is 23.2 Å². The van der Waals surface area contributed by atoms with Crippen LogP contribution in [0.15, 0.2) is 17.0 Å². The molecule has 1 rings (SSSR count). The van der Waals surface area contributed by atoms with E-state index in [4.69, 9.17) is 21.6 Å². The van der Waals surface area contributed by atoms with Crippen LogP contribution in [0.1, 0.15) is 28.4 Å². The van der Waals surface area contributed by atoms with Gasteiger partial charge in [0.25, 0.3) is 0 Å². The van der Waals surface area contributed by atoms with E-state index < -0.39 is 28.8 Å². The third-order valence-corrected chi connectivity index (χ3v) is 3.29. The lowest BCUT2D eigenvalue weighted by Crippen LogP contribution is -2.12. The van der Waals surface area contributed by atoms with E-state index in [1.165, 1.54) is 13.0 Å². The largest absolute Gasteiger partial charge is 0.462 e. The van der Waals surface area contributed by atoms with Crippen LogP contribution in [0.2, 0.25) is 0 Å². The van der Waals surface area contributed by atoms with Crippen LogP contribution >= 0.6 is 23.4 Å². The Morgan fingerprint density at radius 3 is 2.60 bits per heavy atom. The van der Waals surface area contributed by atoms with E-state index in [2.05, 4.69) is 0 Å². The summed E-state index contributed by atoms with van der Waals surface area (Å²) in [5, 5.41) is 9.06. The maximum absolute atomic E-state index is 12.5. The number of hydrogen-bond acceptors (Lipinski definition) is 4. The van der Waals surface area contributed by atoms with Gasteiger partial charge in [-0.05, 0) is 30.3 Å². The number of esters is 1. The minimum Gasteiger partial charge on any atom is -0.462 e. The standard InChI is InChI=1S/C12H9ClF3NO2S/c1-2-19-11(18)10-8(6-17)7(5-13)3-4-9(10)20-12(14,15)16/h3-4H,2,5H2,1H3. The van der Waals surface area contributed by atoms with Crippen molar-refractivity contribution >= 4 is 29.3 Å². The highest BCUT2D eigenvalue weighted by atomic mass is 35.5. The van der Waals surface area contributed by atoms with E-state index in [1.54, 1.807) is 6.07 Å². The Balaban J connectivity index is 3.45. The molecule has 8 heteroatoms. The van der Waals surface area contributed by atoms with Crippen molar-refractivity contribution in [3.63, 3.8) is 0 Å². The summed E-state index contributed by atoms with van der Waals surface area (Å²) in [5.74, 6) is -1.06. The van der Waals surface area contributed by atoms with Crippen molar-refractivity contribution in [3.8, 4) is 6.07 Å². The number of thioether (sulfide) groups is 1. The van der Waals surface area contributed by atoms with Crippen LogP contribution in [0, 0.1) is 11.3 Å². The average molecular weight is 324 g/mol. The average Bonchev–Trinajstić information content (AvgIpc) is 2.36. The summed E-state index contributed by atoms with van der Waals surface area (Å²) in [7, 11) is 0. The van der Waals surface area contributed by atoms with E-state index >= 15 is 0 Å². The second kappa shape index (κ2) is 6.86. The summed E-state index contributed by atoms with van der Waals surface area (Å²) < 4.78 is 42.2. The summed E-state index contributed by atoms with van der Waals surface area (Å²) >= 11 is 5.15. The molecule has 0 unspecified atom stereocenters. The van der Waals surface area contributed by atoms with E-state index in [0.29, 0.717) is 0 Å². The van der Waals surface area contributed by atoms with Gasteiger partial charge in [0, 0.05) is 10.8 Å². The number of hydrogen-bond donors (Lipinski definition) is 0. The number of carbonyl (C=O) groups is 1. The molecule has 0 fully saturated rings. The molecule has 108 valence electrons. The number of benzene rings is 1. The van der Waals surface area contributed by atoms with Crippen LogP contribution in [0.4, 0.5) is 13.2 Å². The lowest BCUT2D eigenvalue weighted by molar-refractivity contribution is -0.0328. The van der Waals surface area contributed by atoms with Gasteiger partial charge in [0.05, 0.1) is 17.7 Å². The first-order chi connectivity index (χ1) is 9.34. The molecule has 1 aromatic rings. The lowest BCUT2D eigenvalue weighted by atomic mass is 10.0. The van der Waals surface area contributed by atoms with Gasteiger partial charge in [-0.3, -0.25) is 0 Å². The van der Waals surface area contributed by atoms with Gasteiger partial charge in [0.2, 0.25) is 0 Å². The molecule has 0 N–H and O–H groups in total. The maximum atomic E-state index is 12.5. The molecular weight excluding hydrogens is 315 g/mol. The maximum Gasteiger partial charge on any atom is 0.446 e. The molecule has 1 aromatic carbocycles. The number of rotatable bonds is 4. The fourth-order valence-corrected chi connectivity index (χ4v) is 2.38. The molecule has 0 spiro atoms. The number of carbonyl (C=O) groups excluding carboxylic acids is 1. The van der Waals surface area contributed by atoms with Crippen LogP contribution in [-0.2, 0) is 10.6 Å². The summed E-state index contributed by atoms with van der Waals surface area (Å²) in [4.78, 5) is 11.4. The fraction of sp³-hybridized carbons (Fsp3) is 0.333. The molecule has 0 bridgehead atoms. The smallest absolute Gasteiger partial charge is 0.446 e. The molecule has 0 saturated carbocycles. The molecular formula is C12H9ClF3NO2S. The Kier molecular flexibility index (Phi) is 5.72. The molecule has 0 aromatic heterocycles. The first-order valence-corrected chi connectivity index (χ1v) is 6.74. The molecule has 0 aliphatic heterocycles. The monoisotopic (exact) mass is 323 g/mol. The Morgan fingerprint density at radius 2 is 2.15 bits per heavy atom. The number of ether oxygens (including phenoxy) is 1. The third kappa shape index (κ3) is 4.05. The zero-order valence-electron chi connectivity index (χ0n) is 10.3. The highest BCUT2D eigenvalue weighted by Crippen LogP contribution is 2.40. The van der Waals surface area contributed by atoms with Gasteiger partial charge in [-0.15, -0.1) is 11.6 Å². The SMILES string of the molecule is CCOC(=O)c1c(SC(F)(F)F)ccc(CCl)c1C#N. The van der Waals surface area contributed by atoms with Gasteiger partial charge in [-0.2, -0.15) is 18.4 Å². The number of halogens is 4. The summed E-state index contributed by atoms with van der Waals surface area (Å²) in [6.45, 7) is 1.51. The van der Waals surface area contributed by atoms with Crippen LogP contribution in [-0.4, -0.2) is 18.1 Å². The molecule has 0 saturated heterocycles. The predicted octanol–water partition coefficient (Wildman–Crippen LogP) is 4.09. The molecule has 3 nitrogen and oxygen atoms in total. The Hall–Kier alpha value is -1.39. The number of nitriles is 1. The van der Waals surface area contributed by atoms with Crippen LogP contribution in [0.5, 0.6) is 0 Å². The highest BCUT2D eigenvalue weighted by Gasteiger charge is 2.33. The van der Waals surface area contributed by atoms with Crippen molar-refractivity contribution in [2.75, 3.05) is 6.61 Å². The Bertz CT molecular complexity index is 555. The van der Waals surface area contributed by atoms with Gasteiger partial charge < -0.3 is 4.74 Å². The zero-order chi connectivity index (χ0) is 15.3. The summed E-state index contributed by atoms with van der Waals surface area (Å²) in [5.41, 5.74) is -4.87. The lowest BCUT2D eigenvalue weighted by Gasteiger charge is -2.13. The van der Waals surface area contributed by atoms with Crippen molar-refractivity contribution in [2.24, 2.45) is 0 Å². The highest BCUT2D eigenvalue weighted by molar-refractivity contribution is 8.00. The van der Waals surface area contributed by atoms with Crippen molar-refractivity contribution < 1.29 is 22.7 Å². The number of alkyl halides is 4. The number of nitrogens with zero attached hydrogens (tertiary/aromatic N) is 1. The van der Waals surface area contributed by atoms with Gasteiger partial charge in [0.15, 0.2) is 0 Å². The second-order valence-electron chi connectivity index (χ2n) is 3.49. The minimum absolute atomic E-state index is 0.00900. The Labute approximate surface area is 122 Å². The summed E-state index contributed by atoms with van der Waals surface area (Å²) in [6.07, 6.45) is 0. The topological polar surface area (TPSA) is 50.1 Å². The molecule has 20 heavy (non-hydrogen) atoms. The van der Waals surface area contributed by atoms with Crippen molar-refractivity contribution in [3.05, 3.63) is 28.8 Å². The predicted molar refractivity (Wildman–Crippen MR) is 68.6 cm³/mol. The third-order valence-electron chi connectivity index (χ3n) is 2.21. The second-order valence-corrected chi connectivity index (χ2v) is 4.86. The molecule has 0 aliphatic rings. The molecule has 0 radical (unpaired) electrons. The van der Waals surface area contributed by atoms with Crippen LogP contribution in [0.3, 0.4) is 0 Å². The molecule has 0 amide bonds.